The molecule has 25 heavy (non-hydrogen) atoms. The van der Waals surface area contributed by atoms with Crippen LogP contribution in [-0.4, -0.2) is 38.2 Å². The predicted octanol–water partition coefficient (Wildman–Crippen LogP) is 3.22. The minimum atomic E-state index is -0.660. The lowest BCUT2D eigenvalue weighted by Crippen LogP contribution is -2.47. The zero-order chi connectivity index (χ0) is 19.0. The van der Waals surface area contributed by atoms with E-state index in [2.05, 4.69) is 15.4 Å². The van der Waals surface area contributed by atoms with E-state index in [1.807, 2.05) is 37.3 Å². The van der Waals surface area contributed by atoms with Gasteiger partial charge in [-0.2, -0.15) is 0 Å². The number of carbonyl (C=O) groups is 2. The van der Waals surface area contributed by atoms with Crippen LogP contribution >= 0.6 is 0 Å². The minimum Gasteiger partial charge on any atom is -0.453 e. The quantitative estimate of drug-likeness (QED) is 0.768. The molecule has 140 valence electrons. The molecule has 7 heteroatoms. The molecule has 2 N–H and O–H groups in total. The molecule has 0 aliphatic heterocycles. The summed E-state index contributed by atoms with van der Waals surface area (Å²) >= 11 is 0. The average molecular weight is 352 g/mol. The maximum absolute atomic E-state index is 12.2. The summed E-state index contributed by atoms with van der Waals surface area (Å²) in [7, 11) is 2.76. The molecule has 0 saturated carbocycles. The molecule has 1 rings (SSSR count). The monoisotopic (exact) mass is 352 g/mol. The molecule has 0 saturated heterocycles. The van der Waals surface area contributed by atoms with Gasteiger partial charge in [0.2, 0.25) is 0 Å². The summed E-state index contributed by atoms with van der Waals surface area (Å²) in [5.41, 5.74) is 0.258. The van der Waals surface area contributed by atoms with Crippen LogP contribution in [0.4, 0.5) is 9.59 Å². The van der Waals surface area contributed by atoms with Gasteiger partial charge in [-0.15, -0.1) is 0 Å². The Morgan fingerprint density at radius 1 is 1.00 bits per heavy atom. The number of nitrogens with one attached hydrogen (secondary N) is 2. The highest BCUT2D eigenvalue weighted by Crippen LogP contribution is 2.26. The standard InChI is InChI=1S/C18H28N2O5/c1-12(15(23-5)20-16(21)24-6)14(13-10-8-7-9-11-13)19-17(22)25-18(2,3)4/h7-12,14-15H,1-6H3,(H,19,22)(H,20,21)/t12?,14-,15?/m0/s1. The van der Waals surface area contributed by atoms with Gasteiger partial charge >= 0.3 is 12.2 Å². The molecule has 7 nitrogen and oxygen atoms in total. The molecule has 1 aromatic carbocycles. The van der Waals surface area contributed by atoms with Crippen LogP contribution in [0.5, 0.6) is 0 Å². The van der Waals surface area contributed by atoms with Crippen molar-refractivity contribution in [3.8, 4) is 0 Å². The van der Waals surface area contributed by atoms with Gasteiger partial charge in [-0.1, -0.05) is 37.3 Å². The molecule has 2 unspecified atom stereocenters. The normalized spacial score (nSPS) is 14.8. The van der Waals surface area contributed by atoms with Crippen LogP contribution in [0, 0.1) is 5.92 Å². The molecule has 0 bridgehead atoms. The summed E-state index contributed by atoms with van der Waals surface area (Å²) in [6, 6.07) is 8.99. The lowest BCUT2D eigenvalue weighted by atomic mass is 9.93. The van der Waals surface area contributed by atoms with Gasteiger partial charge in [0.15, 0.2) is 0 Å². The van der Waals surface area contributed by atoms with Crippen LogP contribution in [0.1, 0.15) is 39.3 Å². The first-order valence-electron chi connectivity index (χ1n) is 8.09. The van der Waals surface area contributed by atoms with Crippen LogP contribution < -0.4 is 10.6 Å². The summed E-state index contributed by atoms with van der Waals surface area (Å²) < 4.78 is 15.3. The van der Waals surface area contributed by atoms with E-state index in [-0.39, 0.29) is 5.92 Å². The summed E-state index contributed by atoms with van der Waals surface area (Å²) in [4.78, 5) is 23.8. The first-order chi connectivity index (χ1) is 11.7. The van der Waals surface area contributed by atoms with E-state index >= 15 is 0 Å². The van der Waals surface area contributed by atoms with Crippen molar-refractivity contribution >= 4 is 12.2 Å². The Labute approximate surface area is 149 Å². The SMILES string of the molecule is COC(=O)NC(OC)C(C)[C@H](NC(=O)OC(C)(C)C)c1ccccc1. The number of amides is 2. The Bertz CT molecular complexity index is 556. The van der Waals surface area contributed by atoms with E-state index in [0.717, 1.165) is 5.56 Å². The third kappa shape index (κ3) is 7.01. The number of alkyl carbamates (subject to hydrolysis) is 2. The molecule has 0 fully saturated rings. The van der Waals surface area contributed by atoms with Crippen molar-refractivity contribution in [2.45, 2.75) is 45.6 Å². The lowest BCUT2D eigenvalue weighted by Gasteiger charge is -2.32. The first-order valence-corrected chi connectivity index (χ1v) is 8.09. The molecule has 0 heterocycles. The van der Waals surface area contributed by atoms with Gasteiger partial charge < -0.3 is 19.5 Å². The molecule has 0 aliphatic carbocycles. The maximum Gasteiger partial charge on any atom is 0.408 e. The second kappa shape index (κ2) is 9.27. The zero-order valence-electron chi connectivity index (χ0n) is 15.7. The van der Waals surface area contributed by atoms with Crippen LogP contribution in [0.2, 0.25) is 0 Å². The van der Waals surface area contributed by atoms with Gasteiger partial charge in [-0.3, -0.25) is 5.32 Å². The lowest BCUT2D eigenvalue weighted by molar-refractivity contribution is 0.0117. The zero-order valence-corrected chi connectivity index (χ0v) is 15.7. The highest BCUT2D eigenvalue weighted by atomic mass is 16.6. The van der Waals surface area contributed by atoms with E-state index in [0.29, 0.717) is 0 Å². The molecular weight excluding hydrogens is 324 g/mol. The molecule has 0 aliphatic rings. The van der Waals surface area contributed by atoms with E-state index in [1.54, 1.807) is 20.8 Å². The van der Waals surface area contributed by atoms with E-state index in [4.69, 9.17) is 9.47 Å². The Morgan fingerprint density at radius 2 is 1.60 bits per heavy atom. The fourth-order valence-electron chi connectivity index (χ4n) is 2.37. The Morgan fingerprint density at radius 3 is 2.08 bits per heavy atom. The van der Waals surface area contributed by atoms with Crippen LogP contribution in [0.15, 0.2) is 30.3 Å². The van der Waals surface area contributed by atoms with E-state index in [1.165, 1.54) is 14.2 Å². The van der Waals surface area contributed by atoms with Crippen molar-refractivity contribution in [2.75, 3.05) is 14.2 Å². The highest BCUT2D eigenvalue weighted by molar-refractivity contribution is 5.69. The van der Waals surface area contributed by atoms with E-state index < -0.39 is 30.1 Å². The Balaban J connectivity index is 3.01. The van der Waals surface area contributed by atoms with Gasteiger partial charge in [-0.25, -0.2) is 9.59 Å². The fourth-order valence-corrected chi connectivity index (χ4v) is 2.37. The number of methoxy groups -OCH3 is 2. The van der Waals surface area contributed by atoms with Crippen molar-refractivity contribution in [3.63, 3.8) is 0 Å². The number of hydrogen-bond acceptors (Lipinski definition) is 5. The van der Waals surface area contributed by atoms with Gasteiger partial charge in [0, 0.05) is 13.0 Å². The topological polar surface area (TPSA) is 85.9 Å². The molecular formula is C18H28N2O5. The van der Waals surface area contributed by atoms with Gasteiger partial charge in [-0.05, 0) is 26.3 Å². The Hall–Kier alpha value is -2.28. The number of carbonyl (C=O) groups excluding carboxylic acids is 2. The largest absolute Gasteiger partial charge is 0.453 e. The summed E-state index contributed by atoms with van der Waals surface area (Å²) in [6.07, 6.45) is -1.81. The first kappa shape index (κ1) is 20.8. The van der Waals surface area contributed by atoms with Crippen molar-refractivity contribution in [1.29, 1.82) is 0 Å². The van der Waals surface area contributed by atoms with Gasteiger partial charge in [0.25, 0.3) is 0 Å². The van der Waals surface area contributed by atoms with Crippen molar-refractivity contribution < 1.29 is 23.8 Å². The van der Waals surface area contributed by atoms with Crippen molar-refractivity contribution in [2.24, 2.45) is 5.92 Å². The van der Waals surface area contributed by atoms with Crippen LogP contribution in [0.3, 0.4) is 0 Å². The molecule has 0 spiro atoms. The smallest absolute Gasteiger partial charge is 0.408 e. The molecule has 2 amide bonds. The van der Waals surface area contributed by atoms with Crippen LogP contribution in [0.25, 0.3) is 0 Å². The fraction of sp³-hybridized carbons (Fsp3) is 0.556. The van der Waals surface area contributed by atoms with Crippen molar-refractivity contribution in [3.05, 3.63) is 35.9 Å². The second-order valence-electron chi connectivity index (χ2n) is 6.69. The number of rotatable bonds is 6. The number of ether oxygens (including phenoxy) is 3. The summed E-state index contributed by atoms with van der Waals surface area (Å²) in [5, 5.41) is 5.47. The van der Waals surface area contributed by atoms with Crippen LogP contribution in [-0.2, 0) is 14.2 Å². The Kier molecular flexibility index (Phi) is 7.70. The molecule has 0 radical (unpaired) electrons. The number of hydrogen-bond donors (Lipinski definition) is 2. The molecule has 0 aromatic heterocycles. The summed E-state index contributed by atoms with van der Waals surface area (Å²) in [6.45, 7) is 7.25. The molecule has 3 atom stereocenters. The predicted molar refractivity (Wildman–Crippen MR) is 94.1 cm³/mol. The third-order valence-electron chi connectivity index (χ3n) is 3.53. The van der Waals surface area contributed by atoms with E-state index in [9.17, 15) is 9.59 Å². The maximum atomic E-state index is 12.2. The number of benzene rings is 1. The third-order valence-corrected chi connectivity index (χ3v) is 3.53. The van der Waals surface area contributed by atoms with Gasteiger partial charge in [0.05, 0.1) is 13.2 Å². The average Bonchev–Trinajstić information content (AvgIpc) is 2.55. The summed E-state index contributed by atoms with van der Waals surface area (Å²) in [5.74, 6) is -0.293. The molecule has 1 aromatic rings. The van der Waals surface area contributed by atoms with Crippen molar-refractivity contribution in [1.82, 2.24) is 10.6 Å². The second-order valence-corrected chi connectivity index (χ2v) is 6.69. The minimum absolute atomic E-state index is 0.293. The van der Waals surface area contributed by atoms with Gasteiger partial charge in [0.1, 0.15) is 11.8 Å². The highest BCUT2D eigenvalue weighted by Gasteiger charge is 2.31.